The Morgan fingerprint density at radius 3 is 2.85 bits per heavy atom. The van der Waals surface area contributed by atoms with Crippen LogP contribution in [-0.4, -0.2) is 41.7 Å². The lowest BCUT2D eigenvalue weighted by molar-refractivity contribution is 0.0520. The second-order valence-electron chi connectivity index (χ2n) is 6.90. The molecule has 1 aliphatic rings. The highest BCUT2D eigenvalue weighted by molar-refractivity contribution is 5.95. The van der Waals surface area contributed by atoms with Gasteiger partial charge in [0.1, 0.15) is 17.5 Å². The Bertz CT molecular complexity index is 920. The van der Waals surface area contributed by atoms with Crippen LogP contribution in [0.1, 0.15) is 29.4 Å². The third-order valence-corrected chi connectivity index (χ3v) is 4.87. The van der Waals surface area contributed by atoms with Gasteiger partial charge in [0.15, 0.2) is 0 Å². The predicted molar refractivity (Wildman–Crippen MR) is 105 cm³/mol. The van der Waals surface area contributed by atoms with Gasteiger partial charge in [-0.1, -0.05) is 30.3 Å². The fourth-order valence-corrected chi connectivity index (χ4v) is 3.57. The number of carbonyl (C=O) groups excluding carboxylic acids is 1. The molecule has 0 radical (unpaired) electrons. The van der Waals surface area contributed by atoms with E-state index >= 15 is 0 Å². The van der Waals surface area contributed by atoms with Crippen molar-refractivity contribution in [2.75, 3.05) is 19.7 Å². The maximum absolute atomic E-state index is 11.9. The molecule has 1 N–H and O–H groups in total. The second-order valence-corrected chi connectivity index (χ2v) is 6.90. The van der Waals surface area contributed by atoms with Crippen LogP contribution in [0.2, 0.25) is 0 Å². The molecule has 1 atom stereocenters. The molecule has 1 fully saturated rings. The molecule has 1 saturated heterocycles. The first kappa shape index (κ1) is 17.6. The van der Waals surface area contributed by atoms with Gasteiger partial charge in [0, 0.05) is 30.5 Å². The number of hydrogen-bond acceptors (Lipinski definition) is 4. The van der Waals surface area contributed by atoms with E-state index in [4.69, 9.17) is 9.47 Å². The Labute approximate surface area is 158 Å². The Hall–Kier alpha value is -2.79. The highest BCUT2D eigenvalue weighted by Gasteiger charge is 2.24. The topological polar surface area (TPSA) is 54.6 Å². The Kier molecular flexibility index (Phi) is 5.12. The minimum absolute atomic E-state index is 0.189. The standard InChI is InChI=1S/C22H24N2O3/c1-2-26-22(25)21-13-17-12-18(8-9-20(17)23-21)27-19-10-11-24(15-19)14-16-6-4-3-5-7-16/h3-9,12-13,19,23H,2,10-11,14-15H2,1H3. The van der Waals surface area contributed by atoms with Crippen molar-refractivity contribution in [3.8, 4) is 5.75 Å². The molecule has 3 aromatic rings. The van der Waals surface area contributed by atoms with Crippen LogP contribution in [0.3, 0.4) is 0 Å². The average molecular weight is 364 g/mol. The summed E-state index contributed by atoms with van der Waals surface area (Å²) in [5.74, 6) is 0.506. The van der Waals surface area contributed by atoms with Gasteiger partial charge in [-0.2, -0.15) is 0 Å². The van der Waals surface area contributed by atoms with E-state index in [1.165, 1.54) is 5.56 Å². The number of nitrogens with zero attached hydrogens (tertiary/aromatic N) is 1. The van der Waals surface area contributed by atoms with Gasteiger partial charge >= 0.3 is 5.97 Å². The van der Waals surface area contributed by atoms with E-state index in [0.717, 1.165) is 42.7 Å². The molecule has 140 valence electrons. The van der Waals surface area contributed by atoms with Crippen molar-refractivity contribution >= 4 is 16.9 Å². The molecule has 1 aromatic heterocycles. The number of rotatable bonds is 6. The number of fused-ring (bicyclic) bond motifs is 1. The number of esters is 1. The lowest BCUT2D eigenvalue weighted by Gasteiger charge is -2.17. The zero-order valence-electron chi connectivity index (χ0n) is 15.5. The lowest BCUT2D eigenvalue weighted by Crippen LogP contribution is -2.24. The third-order valence-electron chi connectivity index (χ3n) is 4.87. The minimum atomic E-state index is -0.330. The van der Waals surface area contributed by atoms with E-state index in [1.807, 2.05) is 30.3 Å². The molecular formula is C22H24N2O3. The van der Waals surface area contributed by atoms with Crippen molar-refractivity contribution in [3.63, 3.8) is 0 Å². The van der Waals surface area contributed by atoms with Crippen LogP contribution in [0.4, 0.5) is 0 Å². The van der Waals surface area contributed by atoms with Crippen LogP contribution in [0, 0.1) is 0 Å². The van der Waals surface area contributed by atoms with Crippen LogP contribution in [0.25, 0.3) is 10.9 Å². The predicted octanol–water partition coefficient (Wildman–Crippen LogP) is 4.00. The summed E-state index contributed by atoms with van der Waals surface area (Å²) >= 11 is 0. The Balaban J connectivity index is 1.39. The van der Waals surface area contributed by atoms with Crippen molar-refractivity contribution in [1.82, 2.24) is 9.88 Å². The highest BCUT2D eigenvalue weighted by Crippen LogP contribution is 2.25. The maximum Gasteiger partial charge on any atom is 0.354 e. The first-order valence-corrected chi connectivity index (χ1v) is 9.44. The molecule has 0 spiro atoms. The summed E-state index contributed by atoms with van der Waals surface area (Å²) in [7, 11) is 0. The van der Waals surface area contributed by atoms with E-state index in [1.54, 1.807) is 6.92 Å². The van der Waals surface area contributed by atoms with E-state index in [0.29, 0.717) is 12.3 Å². The van der Waals surface area contributed by atoms with Gasteiger partial charge in [0.25, 0.3) is 0 Å². The van der Waals surface area contributed by atoms with Crippen LogP contribution < -0.4 is 4.74 Å². The molecule has 2 heterocycles. The fourth-order valence-electron chi connectivity index (χ4n) is 3.57. The maximum atomic E-state index is 11.9. The summed E-state index contributed by atoms with van der Waals surface area (Å²) in [5.41, 5.74) is 2.71. The van der Waals surface area contributed by atoms with Crippen molar-refractivity contribution in [2.45, 2.75) is 26.0 Å². The molecular weight excluding hydrogens is 340 g/mol. The zero-order valence-corrected chi connectivity index (χ0v) is 15.5. The molecule has 1 aliphatic heterocycles. The van der Waals surface area contributed by atoms with Crippen molar-refractivity contribution in [1.29, 1.82) is 0 Å². The summed E-state index contributed by atoms with van der Waals surface area (Å²) < 4.78 is 11.2. The Morgan fingerprint density at radius 1 is 1.19 bits per heavy atom. The largest absolute Gasteiger partial charge is 0.489 e. The van der Waals surface area contributed by atoms with Crippen molar-refractivity contribution in [2.24, 2.45) is 0 Å². The van der Waals surface area contributed by atoms with Crippen molar-refractivity contribution in [3.05, 3.63) is 65.9 Å². The first-order chi connectivity index (χ1) is 13.2. The third kappa shape index (κ3) is 4.14. The van der Waals surface area contributed by atoms with E-state index in [-0.39, 0.29) is 12.1 Å². The van der Waals surface area contributed by atoms with Gasteiger partial charge < -0.3 is 14.5 Å². The lowest BCUT2D eigenvalue weighted by atomic mass is 10.2. The van der Waals surface area contributed by atoms with Gasteiger partial charge in [0.2, 0.25) is 0 Å². The number of benzene rings is 2. The van der Waals surface area contributed by atoms with Gasteiger partial charge in [-0.05, 0) is 43.2 Å². The molecule has 2 aromatic carbocycles. The summed E-state index contributed by atoms with van der Waals surface area (Å²) in [6.07, 6.45) is 1.21. The molecule has 0 amide bonds. The molecule has 1 unspecified atom stereocenters. The molecule has 4 rings (SSSR count). The smallest absolute Gasteiger partial charge is 0.354 e. The summed E-state index contributed by atoms with van der Waals surface area (Å²) in [5, 5.41) is 0.953. The quantitative estimate of drug-likeness (QED) is 0.672. The molecule has 5 nitrogen and oxygen atoms in total. The molecule has 0 saturated carbocycles. The fraction of sp³-hybridized carbons (Fsp3) is 0.318. The van der Waals surface area contributed by atoms with Crippen LogP contribution in [0.15, 0.2) is 54.6 Å². The van der Waals surface area contributed by atoms with E-state index in [9.17, 15) is 4.79 Å². The van der Waals surface area contributed by atoms with E-state index in [2.05, 4.69) is 34.1 Å². The van der Waals surface area contributed by atoms with Crippen LogP contribution >= 0.6 is 0 Å². The summed E-state index contributed by atoms with van der Waals surface area (Å²) in [4.78, 5) is 17.4. The summed E-state index contributed by atoms with van der Waals surface area (Å²) in [6.45, 7) is 5.09. The number of carbonyl (C=O) groups is 1. The number of H-pyrrole nitrogens is 1. The minimum Gasteiger partial charge on any atom is -0.489 e. The number of likely N-dealkylation sites (tertiary alicyclic amines) is 1. The number of nitrogens with one attached hydrogen (secondary N) is 1. The number of hydrogen-bond donors (Lipinski definition) is 1. The van der Waals surface area contributed by atoms with Crippen molar-refractivity contribution < 1.29 is 14.3 Å². The summed E-state index contributed by atoms with van der Waals surface area (Å²) in [6, 6.07) is 18.2. The first-order valence-electron chi connectivity index (χ1n) is 9.44. The molecule has 27 heavy (non-hydrogen) atoms. The number of aromatic amines is 1. The second kappa shape index (κ2) is 7.84. The zero-order chi connectivity index (χ0) is 18.6. The van der Waals surface area contributed by atoms with Crippen LogP contribution in [0.5, 0.6) is 5.75 Å². The molecule has 0 aliphatic carbocycles. The number of ether oxygens (including phenoxy) is 2. The average Bonchev–Trinajstić information content (AvgIpc) is 3.29. The van der Waals surface area contributed by atoms with Gasteiger partial charge in [0.05, 0.1) is 6.61 Å². The van der Waals surface area contributed by atoms with Gasteiger partial charge in [-0.3, -0.25) is 4.90 Å². The normalized spacial score (nSPS) is 17.3. The molecule has 0 bridgehead atoms. The van der Waals surface area contributed by atoms with Gasteiger partial charge in [-0.25, -0.2) is 4.79 Å². The SMILES string of the molecule is CCOC(=O)c1cc2cc(OC3CCN(Cc4ccccc4)C3)ccc2[nH]1. The highest BCUT2D eigenvalue weighted by atomic mass is 16.5. The van der Waals surface area contributed by atoms with Gasteiger partial charge in [-0.15, -0.1) is 0 Å². The Morgan fingerprint density at radius 2 is 2.04 bits per heavy atom. The molecule has 5 heteroatoms. The van der Waals surface area contributed by atoms with Crippen LogP contribution in [-0.2, 0) is 11.3 Å². The number of aromatic nitrogens is 1. The van der Waals surface area contributed by atoms with E-state index < -0.39 is 0 Å². The monoisotopic (exact) mass is 364 g/mol.